The van der Waals surface area contributed by atoms with E-state index in [4.69, 9.17) is 17.7 Å². The van der Waals surface area contributed by atoms with E-state index < -0.39 is 16.1 Å². The van der Waals surface area contributed by atoms with Crippen LogP contribution in [0.3, 0.4) is 0 Å². The lowest BCUT2D eigenvalue weighted by atomic mass is 9.92. The number of rotatable bonds is 2. The van der Waals surface area contributed by atoms with Crippen LogP contribution >= 0.6 is 0 Å². The Morgan fingerprint density at radius 3 is 1.06 bits per heavy atom. The standard InChI is InChI=1S/C58H38O4Si2/c1-63(2)49-29-42-50(30-41(49)55-51(63)27-39(53-37-15-7-11-19-45(37)61-57(53)55)31-21-23-35-33-13-5-9-17-43(33)59-47(35)25-31)64(3,4)52-28-40(54-38-16-8-12-20-46(38)62-58(54)56(42)52)32-22-24-36-34-14-6-10-18-44(34)60-48(36)26-32/h5-30H,1-4H3. The number of hydrogen-bond donors (Lipinski definition) is 0. The fourth-order valence-electron chi connectivity index (χ4n) is 11.9. The largest absolute Gasteiger partial charge is 0.456 e. The SMILES string of the molecule is C[Si]1(C)c2cc3c(cc2-c2c1cc(-c1ccc4c(c1)oc1ccccc14)c1c2oc2ccccc21)[Si](C)(C)c1cc(-c2ccc4c(c2)oc2ccccc24)c2c(oc4ccccc42)c1-3. The van der Waals surface area contributed by atoms with Gasteiger partial charge in [0.25, 0.3) is 0 Å². The van der Waals surface area contributed by atoms with Gasteiger partial charge in [-0.1, -0.05) is 135 Å². The maximum absolute atomic E-state index is 7.07. The molecule has 0 fully saturated rings. The molecule has 2 aliphatic heterocycles. The molecule has 0 aliphatic carbocycles. The van der Waals surface area contributed by atoms with Crippen molar-refractivity contribution in [2.24, 2.45) is 0 Å². The summed E-state index contributed by atoms with van der Waals surface area (Å²) < 4.78 is 27.1. The second-order valence-electron chi connectivity index (χ2n) is 19.1. The van der Waals surface area contributed by atoms with Crippen LogP contribution in [0.1, 0.15) is 0 Å². The fourth-order valence-corrected chi connectivity index (χ4v) is 18.0. The summed E-state index contributed by atoms with van der Waals surface area (Å²) in [5.74, 6) is 0. The van der Waals surface area contributed by atoms with Crippen LogP contribution in [-0.2, 0) is 0 Å². The van der Waals surface area contributed by atoms with Gasteiger partial charge in [0.2, 0.25) is 0 Å². The molecule has 4 aromatic heterocycles. The predicted octanol–water partition coefficient (Wildman–Crippen LogP) is 14.2. The zero-order chi connectivity index (χ0) is 42.4. The maximum atomic E-state index is 7.07. The molecule has 0 N–H and O–H groups in total. The van der Waals surface area contributed by atoms with Gasteiger partial charge in [0.05, 0.1) is 0 Å². The van der Waals surface area contributed by atoms with Crippen LogP contribution in [0.5, 0.6) is 0 Å². The first-order valence-electron chi connectivity index (χ1n) is 22.2. The lowest BCUT2D eigenvalue weighted by molar-refractivity contribution is 0.668. The normalized spacial score (nSPS) is 14.8. The zero-order valence-electron chi connectivity index (χ0n) is 35.6. The van der Waals surface area contributed by atoms with Gasteiger partial charge in [0, 0.05) is 54.2 Å². The zero-order valence-corrected chi connectivity index (χ0v) is 37.6. The number of fused-ring (bicyclic) bond motifs is 20. The summed E-state index contributed by atoms with van der Waals surface area (Å²) in [5.41, 5.74) is 17.3. The molecular weight excluding hydrogens is 817 g/mol. The summed E-state index contributed by atoms with van der Waals surface area (Å²) in [6.07, 6.45) is 0. The van der Waals surface area contributed by atoms with E-state index in [2.05, 4.69) is 172 Å². The molecule has 0 unspecified atom stereocenters. The second kappa shape index (κ2) is 11.8. The van der Waals surface area contributed by atoms with Gasteiger partial charge in [-0.2, -0.15) is 0 Å². The van der Waals surface area contributed by atoms with E-state index in [-0.39, 0.29) is 0 Å². The molecule has 6 heterocycles. The van der Waals surface area contributed by atoms with Crippen LogP contribution in [0.2, 0.25) is 26.2 Å². The summed E-state index contributed by atoms with van der Waals surface area (Å²) in [5, 5.41) is 14.9. The molecule has 0 saturated carbocycles. The van der Waals surface area contributed by atoms with Crippen LogP contribution in [0, 0.1) is 0 Å². The van der Waals surface area contributed by atoms with E-state index in [1.54, 1.807) is 0 Å². The van der Waals surface area contributed by atoms with Gasteiger partial charge in [-0.3, -0.25) is 0 Å². The summed E-state index contributed by atoms with van der Waals surface area (Å²) in [6, 6.07) is 57.4. The van der Waals surface area contributed by atoms with E-state index in [1.165, 1.54) is 54.1 Å². The van der Waals surface area contributed by atoms with Gasteiger partial charge in [0.15, 0.2) is 0 Å². The van der Waals surface area contributed by atoms with Crippen LogP contribution in [0.4, 0.5) is 0 Å². The van der Waals surface area contributed by atoms with E-state index in [1.807, 2.05) is 12.1 Å². The molecule has 0 spiro atoms. The molecule has 64 heavy (non-hydrogen) atoms. The monoisotopic (exact) mass is 854 g/mol. The van der Waals surface area contributed by atoms with Crippen LogP contribution < -0.4 is 20.7 Å². The van der Waals surface area contributed by atoms with Crippen molar-refractivity contribution in [1.29, 1.82) is 0 Å². The highest BCUT2D eigenvalue weighted by Gasteiger charge is 2.46. The number of para-hydroxylation sites is 4. The fraction of sp³-hybridized carbons (Fsp3) is 0.0690. The Hall–Kier alpha value is -7.39. The molecule has 0 amide bonds. The highest BCUT2D eigenvalue weighted by atomic mass is 28.3. The molecular formula is C58H38O4Si2. The number of hydrogen-bond acceptors (Lipinski definition) is 4. The van der Waals surface area contributed by atoms with Gasteiger partial charge < -0.3 is 17.7 Å². The average molecular weight is 855 g/mol. The van der Waals surface area contributed by atoms with Crippen molar-refractivity contribution in [2.75, 3.05) is 0 Å². The third kappa shape index (κ3) is 4.32. The summed E-state index contributed by atoms with van der Waals surface area (Å²) in [7, 11) is -4.63. The Labute approximate surface area is 369 Å². The minimum atomic E-state index is -2.31. The molecule has 2 aliphatic rings. The number of benzene rings is 9. The number of furan rings is 4. The van der Waals surface area contributed by atoms with Crippen LogP contribution in [0.25, 0.3) is 132 Å². The van der Waals surface area contributed by atoms with E-state index in [0.717, 1.165) is 98.9 Å². The minimum absolute atomic E-state index is 0.900. The van der Waals surface area contributed by atoms with E-state index >= 15 is 0 Å². The van der Waals surface area contributed by atoms with Crippen molar-refractivity contribution in [3.63, 3.8) is 0 Å². The highest BCUT2D eigenvalue weighted by Crippen LogP contribution is 2.48. The highest BCUT2D eigenvalue weighted by molar-refractivity contribution is 7.06. The first-order chi connectivity index (χ1) is 31.2. The first kappa shape index (κ1) is 35.1. The van der Waals surface area contributed by atoms with Gasteiger partial charge in [-0.15, -0.1) is 0 Å². The Morgan fingerprint density at radius 1 is 0.297 bits per heavy atom. The molecule has 0 atom stereocenters. The van der Waals surface area contributed by atoms with Crippen molar-refractivity contribution in [2.45, 2.75) is 26.2 Å². The van der Waals surface area contributed by atoms with Crippen LogP contribution in [0.15, 0.2) is 175 Å². The van der Waals surface area contributed by atoms with Crippen molar-refractivity contribution < 1.29 is 17.7 Å². The molecule has 6 heteroatoms. The van der Waals surface area contributed by atoms with Crippen molar-refractivity contribution in [3.8, 4) is 44.5 Å². The molecule has 9 aromatic carbocycles. The van der Waals surface area contributed by atoms with Crippen molar-refractivity contribution >= 4 is 125 Å². The minimum Gasteiger partial charge on any atom is -0.456 e. The van der Waals surface area contributed by atoms with Crippen molar-refractivity contribution in [1.82, 2.24) is 0 Å². The van der Waals surface area contributed by atoms with E-state index in [0.29, 0.717) is 0 Å². The molecule has 0 saturated heterocycles. The summed E-state index contributed by atoms with van der Waals surface area (Å²) in [4.78, 5) is 0. The van der Waals surface area contributed by atoms with Crippen molar-refractivity contribution in [3.05, 3.63) is 158 Å². The Balaban J connectivity index is 0.976. The molecule has 0 radical (unpaired) electrons. The first-order valence-corrected chi connectivity index (χ1v) is 28.2. The predicted molar refractivity (Wildman–Crippen MR) is 271 cm³/mol. The molecule has 0 bridgehead atoms. The average Bonchev–Trinajstić information content (AvgIpc) is 4.15. The van der Waals surface area contributed by atoms with Gasteiger partial charge in [-0.25, -0.2) is 0 Å². The van der Waals surface area contributed by atoms with Crippen LogP contribution in [-0.4, -0.2) is 16.1 Å². The second-order valence-corrected chi connectivity index (χ2v) is 27.8. The Morgan fingerprint density at radius 2 is 0.641 bits per heavy atom. The third-order valence-electron chi connectivity index (χ3n) is 15.1. The smallest absolute Gasteiger partial charge is 0.143 e. The Bertz CT molecular complexity index is 3990. The topological polar surface area (TPSA) is 52.6 Å². The van der Waals surface area contributed by atoms with Gasteiger partial charge in [0.1, 0.15) is 60.8 Å². The van der Waals surface area contributed by atoms with Gasteiger partial charge in [-0.05, 0) is 103 Å². The summed E-state index contributed by atoms with van der Waals surface area (Å²) in [6.45, 7) is 10.1. The molecule has 15 rings (SSSR count). The summed E-state index contributed by atoms with van der Waals surface area (Å²) >= 11 is 0. The molecule has 4 nitrogen and oxygen atoms in total. The quantitative estimate of drug-likeness (QED) is 0.163. The maximum Gasteiger partial charge on any atom is 0.143 e. The lowest BCUT2D eigenvalue weighted by Crippen LogP contribution is -2.51. The van der Waals surface area contributed by atoms with E-state index in [9.17, 15) is 0 Å². The molecule has 13 aromatic rings. The third-order valence-corrected chi connectivity index (χ3v) is 22.1. The molecule has 302 valence electrons. The Kier molecular flexibility index (Phi) is 6.47. The van der Waals surface area contributed by atoms with Gasteiger partial charge >= 0.3 is 0 Å². The lowest BCUT2D eigenvalue weighted by Gasteiger charge is -2.22.